The summed E-state index contributed by atoms with van der Waals surface area (Å²) >= 11 is 6.34. The van der Waals surface area contributed by atoms with E-state index in [1.54, 1.807) is 12.1 Å². The number of amides is 1. The number of hydrogen-bond acceptors (Lipinski definition) is 2. The third-order valence-electron chi connectivity index (χ3n) is 4.68. The summed E-state index contributed by atoms with van der Waals surface area (Å²) in [6, 6.07) is 12.9. The number of hydrogen-bond donors (Lipinski definition) is 1. The molecule has 0 bridgehead atoms. The second-order valence-electron chi connectivity index (χ2n) is 6.23. The lowest BCUT2D eigenvalue weighted by atomic mass is 10.0. The maximum atomic E-state index is 12.6. The van der Waals surface area contributed by atoms with E-state index in [2.05, 4.69) is 4.57 Å². The van der Waals surface area contributed by atoms with Crippen molar-refractivity contribution in [3.05, 3.63) is 69.9 Å². The molecule has 0 aliphatic carbocycles. The zero-order valence-corrected chi connectivity index (χ0v) is 15.6. The fourth-order valence-electron chi connectivity index (χ4n) is 3.39. The summed E-state index contributed by atoms with van der Waals surface area (Å²) in [6.45, 7) is 4.41. The Morgan fingerprint density at radius 2 is 1.85 bits per heavy atom. The van der Waals surface area contributed by atoms with Crippen LogP contribution in [-0.4, -0.2) is 16.3 Å². The van der Waals surface area contributed by atoms with Crippen LogP contribution in [0.2, 0.25) is 5.02 Å². The molecule has 0 saturated carbocycles. The molecule has 0 unspecified atom stereocenters. The highest BCUT2D eigenvalue weighted by Gasteiger charge is 2.21. The highest BCUT2D eigenvalue weighted by molar-refractivity contribution is 6.31. The first-order chi connectivity index (χ1) is 12.5. The van der Waals surface area contributed by atoms with Gasteiger partial charge in [-0.1, -0.05) is 49.7 Å². The van der Waals surface area contributed by atoms with E-state index in [1.807, 2.05) is 44.2 Å². The summed E-state index contributed by atoms with van der Waals surface area (Å²) in [7, 11) is 0. The highest BCUT2D eigenvalue weighted by Crippen LogP contribution is 2.31. The van der Waals surface area contributed by atoms with Crippen molar-refractivity contribution in [3.8, 4) is 0 Å². The molecule has 2 N–H and O–H groups in total. The van der Waals surface area contributed by atoms with Crippen LogP contribution in [0.1, 0.15) is 52.2 Å². The SMILES string of the molecule is CCC(=O)c1c(CC)n(Cc2ccccc2Cl)c2cc(C(N)=O)ccc12. The van der Waals surface area contributed by atoms with E-state index in [0.29, 0.717) is 30.0 Å². The largest absolute Gasteiger partial charge is 0.366 e. The number of nitrogens with two attached hydrogens (primary N) is 1. The van der Waals surface area contributed by atoms with Crippen LogP contribution in [0.3, 0.4) is 0 Å². The standard InChI is InChI=1S/C21H21ClN2O2/c1-3-17-20(19(25)4-2)15-10-9-13(21(23)26)11-18(15)24(17)12-14-7-5-6-8-16(14)22/h5-11H,3-4,12H2,1-2H3,(H2,23,26). The summed E-state index contributed by atoms with van der Waals surface area (Å²) in [5.41, 5.74) is 9.35. The first-order valence-electron chi connectivity index (χ1n) is 8.69. The predicted molar refractivity (Wildman–Crippen MR) is 105 cm³/mol. The molecule has 5 heteroatoms. The first-order valence-corrected chi connectivity index (χ1v) is 9.07. The second kappa shape index (κ2) is 7.34. The summed E-state index contributed by atoms with van der Waals surface area (Å²) in [6.07, 6.45) is 1.13. The van der Waals surface area contributed by atoms with Crippen LogP contribution in [0.4, 0.5) is 0 Å². The van der Waals surface area contributed by atoms with Crippen molar-refractivity contribution in [2.45, 2.75) is 33.2 Å². The molecule has 4 nitrogen and oxygen atoms in total. The quantitative estimate of drug-likeness (QED) is 0.646. The maximum Gasteiger partial charge on any atom is 0.248 e. The average molecular weight is 369 g/mol. The van der Waals surface area contributed by atoms with Crippen LogP contribution in [0, 0.1) is 0 Å². The Hall–Kier alpha value is -2.59. The van der Waals surface area contributed by atoms with Gasteiger partial charge in [-0.2, -0.15) is 0 Å². The van der Waals surface area contributed by atoms with Crippen LogP contribution in [0.15, 0.2) is 42.5 Å². The molecule has 3 rings (SSSR count). The lowest BCUT2D eigenvalue weighted by Gasteiger charge is -2.12. The topological polar surface area (TPSA) is 65.1 Å². The van der Waals surface area contributed by atoms with Gasteiger partial charge in [-0.25, -0.2) is 0 Å². The minimum atomic E-state index is -0.487. The van der Waals surface area contributed by atoms with Gasteiger partial charge < -0.3 is 10.3 Å². The van der Waals surface area contributed by atoms with Gasteiger partial charge in [0.15, 0.2) is 5.78 Å². The lowest BCUT2D eigenvalue weighted by molar-refractivity contribution is 0.0984. The Morgan fingerprint density at radius 1 is 1.12 bits per heavy atom. The number of rotatable bonds is 6. The van der Waals surface area contributed by atoms with Gasteiger partial charge in [-0.3, -0.25) is 9.59 Å². The number of Topliss-reactive ketones (excluding diaryl/α,β-unsaturated/α-hetero) is 1. The van der Waals surface area contributed by atoms with Crippen molar-refractivity contribution in [2.24, 2.45) is 5.73 Å². The number of benzene rings is 2. The third kappa shape index (κ3) is 3.13. The zero-order chi connectivity index (χ0) is 18.8. The molecular weight excluding hydrogens is 348 g/mol. The Morgan fingerprint density at radius 3 is 2.46 bits per heavy atom. The van der Waals surface area contributed by atoms with Crippen molar-refractivity contribution < 1.29 is 9.59 Å². The van der Waals surface area contributed by atoms with Crippen LogP contribution >= 0.6 is 11.6 Å². The number of aromatic nitrogens is 1. The third-order valence-corrected chi connectivity index (χ3v) is 5.05. The zero-order valence-electron chi connectivity index (χ0n) is 14.9. The van der Waals surface area contributed by atoms with E-state index in [4.69, 9.17) is 17.3 Å². The minimum Gasteiger partial charge on any atom is -0.366 e. The minimum absolute atomic E-state index is 0.0941. The monoisotopic (exact) mass is 368 g/mol. The van der Waals surface area contributed by atoms with E-state index >= 15 is 0 Å². The molecule has 3 aromatic rings. The molecule has 0 saturated heterocycles. The number of ketones is 1. The number of nitrogens with zero attached hydrogens (tertiary/aromatic N) is 1. The Balaban J connectivity index is 2.30. The molecule has 0 radical (unpaired) electrons. The van der Waals surface area contributed by atoms with Gasteiger partial charge in [0, 0.05) is 40.2 Å². The number of halogens is 1. The van der Waals surface area contributed by atoms with Gasteiger partial charge in [0.25, 0.3) is 0 Å². The van der Waals surface area contributed by atoms with Crippen molar-refractivity contribution >= 4 is 34.2 Å². The van der Waals surface area contributed by atoms with Gasteiger partial charge in [0.05, 0.1) is 5.52 Å². The molecular formula is C21H21ClN2O2. The predicted octanol–water partition coefficient (Wildman–Crippen LogP) is 4.60. The van der Waals surface area contributed by atoms with E-state index in [1.165, 1.54) is 0 Å². The molecule has 0 aliphatic heterocycles. The Kier molecular flexibility index (Phi) is 5.14. The molecule has 0 spiro atoms. The fraction of sp³-hybridized carbons (Fsp3) is 0.238. The van der Waals surface area contributed by atoms with Crippen molar-refractivity contribution in [2.75, 3.05) is 0 Å². The molecule has 0 aliphatic rings. The molecule has 26 heavy (non-hydrogen) atoms. The van der Waals surface area contributed by atoms with Gasteiger partial charge in [-0.15, -0.1) is 0 Å². The highest BCUT2D eigenvalue weighted by atomic mass is 35.5. The smallest absolute Gasteiger partial charge is 0.248 e. The number of carbonyl (C=O) groups is 2. The summed E-state index contributed by atoms with van der Waals surface area (Å²) in [4.78, 5) is 24.3. The van der Waals surface area contributed by atoms with Crippen molar-refractivity contribution in [3.63, 3.8) is 0 Å². The summed E-state index contributed by atoms with van der Waals surface area (Å²) in [5, 5.41) is 1.52. The number of fused-ring (bicyclic) bond motifs is 1. The average Bonchev–Trinajstić information content (AvgIpc) is 2.95. The number of primary amides is 1. The van der Waals surface area contributed by atoms with E-state index < -0.39 is 5.91 Å². The van der Waals surface area contributed by atoms with Crippen molar-refractivity contribution in [1.29, 1.82) is 0 Å². The molecule has 1 aromatic heterocycles. The van der Waals surface area contributed by atoms with E-state index in [0.717, 1.165) is 27.7 Å². The Labute approximate surface area is 157 Å². The molecule has 0 atom stereocenters. The second-order valence-corrected chi connectivity index (χ2v) is 6.63. The molecule has 0 fully saturated rings. The van der Waals surface area contributed by atoms with Gasteiger partial charge in [-0.05, 0) is 30.2 Å². The molecule has 2 aromatic carbocycles. The number of carbonyl (C=O) groups excluding carboxylic acids is 2. The summed E-state index contributed by atoms with van der Waals surface area (Å²) < 4.78 is 2.08. The molecule has 1 amide bonds. The van der Waals surface area contributed by atoms with E-state index in [9.17, 15) is 9.59 Å². The normalized spacial score (nSPS) is 11.0. The maximum absolute atomic E-state index is 12.6. The molecule has 134 valence electrons. The van der Waals surface area contributed by atoms with Gasteiger partial charge >= 0.3 is 0 Å². The van der Waals surface area contributed by atoms with Crippen LogP contribution in [0.25, 0.3) is 10.9 Å². The Bertz CT molecular complexity index is 1000. The van der Waals surface area contributed by atoms with E-state index in [-0.39, 0.29) is 5.78 Å². The van der Waals surface area contributed by atoms with Crippen LogP contribution in [-0.2, 0) is 13.0 Å². The van der Waals surface area contributed by atoms with Gasteiger partial charge in [0.2, 0.25) is 5.91 Å². The van der Waals surface area contributed by atoms with Crippen LogP contribution in [0.5, 0.6) is 0 Å². The molecule has 1 heterocycles. The van der Waals surface area contributed by atoms with Crippen molar-refractivity contribution in [1.82, 2.24) is 4.57 Å². The fourth-order valence-corrected chi connectivity index (χ4v) is 3.58. The van der Waals surface area contributed by atoms with Gasteiger partial charge in [0.1, 0.15) is 0 Å². The first kappa shape index (κ1) is 18.2. The lowest BCUT2D eigenvalue weighted by Crippen LogP contribution is -2.11. The summed E-state index contributed by atoms with van der Waals surface area (Å²) in [5.74, 6) is -0.393. The van der Waals surface area contributed by atoms with Crippen LogP contribution < -0.4 is 5.73 Å².